The monoisotopic (exact) mass is 186 g/mol. The summed E-state index contributed by atoms with van der Waals surface area (Å²) in [6.07, 6.45) is 5.22. The summed E-state index contributed by atoms with van der Waals surface area (Å²) >= 11 is 0. The zero-order valence-corrected chi connectivity index (χ0v) is 8.79. The fraction of sp³-hybridized carbons (Fsp3) is 1.00. The highest BCUT2D eigenvalue weighted by Gasteiger charge is 2.26. The number of hydrogen-bond donors (Lipinski definition) is 2. The van der Waals surface area contributed by atoms with Crippen molar-refractivity contribution in [3.05, 3.63) is 0 Å². The molecule has 1 rings (SSSR count). The summed E-state index contributed by atoms with van der Waals surface area (Å²) in [5.41, 5.74) is 4.75. The standard InChI is InChI=1S/C10H22N2O/c1-10(13,7-11)8-12(2)9-5-3-4-6-9/h9,13H,3-8,11H2,1-2H3. The fourth-order valence-electron chi connectivity index (χ4n) is 2.08. The van der Waals surface area contributed by atoms with Gasteiger partial charge in [-0.3, -0.25) is 0 Å². The lowest BCUT2D eigenvalue weighted by Gasteiger charge is -2.31. The molecule has 3 heteroatoms. The normalized spacial score (nSPS) is 23.8. The molecule has 13 heavy (non-hydrogen) atoms. The lowest BCUT2D eigenvalue weighted by atomic mass is 10.1. The van der Waals surface area contributed by atoms with Crippen molar-refractivity contribution in [3.63, 3.8) is 0 Å². The van der Waals surface area contributed by atoms with Gasteiger partial charge in [0.25, 0.3) is 0 Å². The van der Waals surface area contributed by atoms with Crippen LogP contribution >= 0.6 is 0 Å². The largest absolute Gasteiger partial charge is 0.388 e. The zero-order chi connectivity index (χ0) is 9.90. The van der Waals surface area contributed by atoms with E-state index in [0.717, 1.165) is 0 Å². The van der Waals surface area contributed by atoms with Gasteiger partial charge in [-0.25, -0.2) is 0 Å². The van der Waals surface area contributed by atoms with E-state index in [1.807, 2.05) is 0 Å². The third kappa shape index (κ3) is 3.25. The summed E-state index contributed by atoms with van der Waals surface area (Å²) < 4.78 is 0. The molecule has 0 spiro atoms. The van der Waals surface area contributed by atoms with Crippen molar-refractivity contribution in [2.45, 2.75) is 44.2 Å². The predicted molar refractivity (Wildman–Crippen MR) is 54.6 cm³/mol. The van der Waals surface area contributed by atoms with Crippen LogP contribution in [-0.2, 0) is 0 Å². The molecule has 0 aromatic carbocycles. The van der Waals surface area contributed by atoms with Gasteiger partial charge in [0, 0.05) is 19.1 Å². The Bertz CT molecular complexity index is 153. The second-order valence-corrected chi connectivity index (χ2v) is 4.55. The molecule has 0 radical (unpaired) electrons. The van der Waals surface area contributed by atoms with Crippen LogP contribution in [0.1, 0.15) is 32.6 Å². The van der Waals surface area contributed by atoms with Gasteiger partial charge < -0.3 is 15.7 Å². The number of aliphatic hydroxyl groups is 1. The average molecular weight is 186 g/mol. The highest BCUT2D eigenvalue weighted by molar-refractivity contribution is 4.82. The number of rotatable bonds is 4. The minimum absolute atomic E-state index is 0.337. The minimum atomic E-state index is -0.725. The first-order valence-electron chi connectivity index (χ1n) is 5.18. The predicted octanol–water partition coefficient (Wildman–Crippen LogP) is 0.570. The Labute approximate surface area is 80.9 Å². The van der Waals surface area contributed by atoms with Crippen LogP contribution in [0.5, 0.6) is 0 Å². The van der Waals surface area contributed by atoms with Gasteiger partial charge in [0.2, 0.25) is 0 Å². The smallest absolute Gasteiger partial charge is 0.0867 e. The van der Waals surface area contributed by atoms with Crippen LogP contribution in [0.3, 0.4) is 0 Å². The van der Waals surface area contributed by atoms with Crippen LogP contribution in [0.4, 0.5) is 0 Å². The maximum atomic E-state index is 9.79. The second kappa shape index (κ2) is 4.40. The van der Waals surface area contributed by atoms with Crippen LogP contribution in [0.2, 0.25) is 0 Å². The van der Waals surface area contributed by atoms with Crippen LogP contribution in [0.15, 0.2) is 0 Å². The van der Waals surface area contributed by atoms with Crippen LogP contribution < -0.4 is 5.73 Å². The highest BCUT2D eigenvalue weighted by Crippen LogP contribution is 2.23. The van der Waals surface area contributed by atoms with Crippen molar-refractivity contribution in [2.75, 3.05) is 20.1 Å². The SMILES string of the molecule is CN(CC(C)(O)CN)C1CCCC1. The molecule has 0 aliphatic heterocycles. The molecule has 1 saturated carbocycles. The third-order valence-corrected chi connectivity index (χ3v) is 2.98. The quantitative estimate of drug-likeness (QED) is 0.675. The first kappa shape index (κ1) is 11.0. The molecule has 0 amide bonds. The van der Waals surface area contributed by atoms with Crippen LogP contribution in [-0.4, -0.2) is 41.8 Å². The number of hydrogen-bond acceptors (Lipinski definition) is 3. The van der Waals surface area contributed by atoms with Gasteiger partial charge in [-0.1, -0.05) is 12.8 Å². The Morgan fingerprint density at radius 1 is 1.46 bits per heavy atom. The van der Waals surface area contributed by atoms with Crippen molar-refractivity contribution in [1.29, 1.82) is 0 Å². The second-order valence-electron chi connectivity index (χ2n) is 4.55. The summed E-state index contributed by atoms with van der Waals surface area (Å²) in [5.74, 6) is 0. The van der Waals surface area contributed by atoms with E-state index in [2.05, 4.69) is 11.9 Å². The molecule has 0 saturated heterocycles. The molecule has 0 aromatic heterocycles. The minimum Gasteiger partial charge on any atom is -0.388 e. The van der Waals surface area contributed by atoms with E-state index < -0.39 is 5.60 Å². The van der Waals surface area contributed by atoms with Gasteiger partial charge >= 0.3 is 0 Å². The Balaban J connectivity index is 2.35. The van der Waals surface area contributed by atoms with Gasteiger partial charge in [0.1, 0.15) is 0 Å². The molecule has 1 aliphatic rings. The summed E-state index contributed by atoms with van der Waals surface area (Å²) in [5, 5.41) is 9.79. The van der Waals surface area contributed by atoms with E-state index in [0.29, 0.717) is 19.1 Å². The molecule has 1 fully saturated rings. The number of nitrogens with two attached hydrogens (primary N) is 1. The van der Waals surface area contributed by atoms with E-state index >= 15 is 0 Å². The Hall–Kier alpha value is -0.120. The van der Waals surface area contributed by atoms with Gasteiger partial charge in [-0.15, -0.1) is 0 Å². The van der Waals surface area contributed by atoms with E-state index in [9.17, 15) is 5.11 Å². The van der Waals surface area contributed by atoms with Crippen LogP contribution in [0, 0.1) is 0 Å². The third-order valence-electron chi connectivity index (χ3n) is 2.98. The maximum absolute atomic E-state index is 9.79. The van der Waals surface area contributed by atoms with E-state index in [-0.39, 0.29) is 0 Å². The molecule has 78 valence electrons. The Morgan fingerprint density at radius 2 is 2.00 bits per heavy atom. The molecule has 1 unspecified atom stereocenters. The van der Waals surface area contributed by atoms with E-state index in [1.165, 1.54) is 25.7 Å². The number of nitrogens with zero attached hydrogens (tertiary/aromatic N) is 1. The Morgan fingerprint density at radius 3 is 2.46 bits per heavy atom. The zero-order valence-electron chi connectivity index (χ0n) is 8.79. The van der Waals surface area contributed by atoms with Crippen molar-refractivity contribution >= 4 is 0 Å². The van der Waals surface area contributed by atoms with Crippen molar-refractivity contribution in [1.82, 2.24) is 4.90 Å². The summed E-state index contributed by atoms with van der Waals surface area (Å²) in [7, 11) is 2.08. The average Bonchev–Trinajstić information content (AvgIpc) is 2.55. The van der Waals surface area contributed by atoms with Crippen molar-refractivity contribution in [3.8, 4) is 0 Å². The van der Waals surface area contributed by atoms with Gasteiger partial charge in [-0.2, -0.15) is 0 Å². The summed E-state index contributed by atoms with van der Waals surface area (Å²) in [6.45, 7) is 2.83. The van der Waals surface area contributed by atoms with Gasteiger partial charge in [0.15, 0.2) is 0 Å². The Kier molecular flexibility index (Phi) is 3.71. The lowest BCUT2D eigenvalue weighted by Crippen LogP contribution is -2.47. The van der Waals surface area contributed by atoms with Crippen LogP contribution in [0.25, 0.3) is 0 Å². The first-order valence-corrected chi connectivity index (χ1v) is 5.18. The van der Waals surface area contributed by atoms with Gasteiger partial charge in [-0.05, 0) is 26.8 Å². The van der Waals surface area contributed by atoms with Gasteiger partial charge in [0.05, 0.1) is 5.60 Å². The molecule has 3 N–H and O–H groups in total. The molecule has 0 heterocycles. The molecule has 1 aliphatic carbocycles. The molecular weight excluding hydrogens is 164 g/mol. The first-order chi connectivity index (χ1) is 6.05. The van der Waals surface area contributed by atoms with E-state index in [4.69, 9.17) is 5.73 Å². The van der Waals surface area contributed by atoms with Crippen molar-refractivity contribution < 1.29 is 5.11 Å². The summed E-state index contributed by atoms with van der Waals surface area (Å²) in [4.78, 5) is 2.25. The highest BCUT2D eigenvalue weighted by atomic mass is 16.3. The van der Waals surface area contributed by atoms with Crippen molar-refractivity contribution in [2.24, 2.45) is 5.73 Å². The summed E-state index contributed by atoms with van der Waals surface area (Å²) in [6, 6.07) is 0.665. The molecule has 1 atom stereocenters. The fourth-order valence-corrected chi connectivity index (χ4v) is 2.08. The number of likely N-dealkylation sites (N-methyl/N-ethyl adjacent to an activating group) is 1. The molecule has 3 nitrogen and oxygen atoms in total. The molecule has 0 bridgehead atoms. The molecule has 0 aromatic rings. The van der Waals surface area contributed by atoms with E-state index in [1.54, 1.807) is 6.92 Å². The molecular formula is C10H22N2O. The lowest BCUT2D eigenvalue weighted by molar-refractivity contribution is 0.0235. The topological polar surface area (TPSA) is 49.5 Å². The maximum Gasteiger partial charge on any atom is 0.0867 e.